The van der Waals surface area contributed by atoms with Crippen LogP contribution in [0.15, 0.2) is 67.1 Å². The molecule has 0 fully saturated rings. The molecule has 1 amide bonds. The molecule has 0 atom stereocenters. The molecule has 0 saturated carbocycles. The van der Waals surface area contributed by atoms with Crippen molar-refractivity contribution in [2.45, 2.75) is 13.2 Å². The number of nitrogens with one attached hydrogen (secondary N) is 1. The van der Waals surface area contributed by atoms with E-state index in [9.17, 15) is 9.59 Å². The molecular formula is C22H21N3O5. The maximum absolute atomic E-state index is 12.0. The number of hydrogen-bond donors (Lipinski definition) is 1. The quantitative estimate of drug-likeness (QED) is 0.544. The summed E-state index contributed by atoms with van der Waals surface area (Å²) in [6.45, 7) is 0.256. The Kier molecular flexibility index (Phi) is 7.32. The van der Waals surface area contributed by atoms with Crippen LogP contribution in [0.4, 0.5) is 0 Å². The Labute approximate surface area is 173 Å². The number of rotatable bonds is 9. The highest BCUT2D eigenvalue weighted by Crippen LogP contribution is 2.28. The minimum atomic E-state index is -0.708. The molecule has 0 radical (unpaired) electrons. The predicted molar refractivity (Wildman–Crippen MR) is 108 cm³/mol. The molecule has 2 aromatic carbocycles. The first-order chi connectivity index (χ1) is 14.7. The van der Waals surface area contributed by atoms with E-state index < -0.39 is 18.5 Å². The fourth-order valence-electron chi connectivity index (χ4n) is 2.54. The van der Waals surface area contributed by atoms with Gasteiger partial charge in [-0.05, 0) is 23.3 Å². The van der Waals surface area contributed by atoms with Gasteiger partial charge in [-0.2, -0.15) is 0 Å². The van der Waals surface area contributed by atoms with Gasteiger partial charge in [0.25, 0.3) is 5.91 Å². The van der Waals surface area contributed by atoms with Crippen molar-refractivity contribution in [2.75, 3.05) is 13.7 Å². The van der Waals surface area contributed by atoms with Crippen LogP contribution < -0.4 is 14.8 Å². The maximum Gasteiger partial charge on any atom is 0.359 e. The minimum Gasteiger partial charge on any atom is -0.493 e. The van der Waals surface area contributed by atoms with Crippen molar-refractivity contribution in [1.29, 1.82) is 0 Å². The largest absolute Gasteiger partial charge is 0.493 e. The highest BCUT2D eigenvalue weighted by Gasteiger charge is 2.12. The average Bonchev–Trinajstić information content (AvgIpc) is 2.81. The number of methoxy groups -OCH3 is 1. The van der Waals surface area contributed by atoms with Gasteiger partial charge in [0, 0.05) is 18.9 Å². The van der Waals surface area contributed by atoms with Gasteiger partial charge >= 0.3 is 5.97 Å². The molecule has 0 aliphatic rings. The molecule has 0 spiro atoms. The molecule has 1 heterocycles. The average molecular weight is 407 g/mol. The Morgan fingerprint density at radius 3 is 2.57 bits per heavy atom. The van der Waals surface area contributed by atoms with E-state index in [1.165, 1.54) is 18.6 Å². The smallest absolute Gasteiger partial charge is 0.359 e. The van der Waals surface area contributed by atoms with E-state index in [0.29, 0.717) is 18.1 Å². The van der Waals surface area contributed by atoms with Gasteiger partial charge in [-0.15, -0.1) is 0 Å². The van der Waals surface area contributed by atoms with E-state index >= 15 is 0 Å². The zero-order valence-corrected chi connectivity index (χ0v) is 16.4. The van der Waals surface area contributed by atoms with Gasteiger partial charge in [0.05, 0.1) is 13.3 Å². The lowest BCUT2D eigenvalue weighted by atomic mass is 10.2. The number of nitrogens with zero attached hydrogens (tertiary/aromatic N) is 2. The van der Waals surface area contributed by atoms with Crippen LogP contribution in [0.1, 0.15) is 21.6 Å². The van der Waals surface area contributed by atoms with E-state index in [-0.39, 0.29) is 12.2 Å². The van der Waals surface area contributed by atoms with Gasteiger partial charge in [-0.25, -0.2) is 9.78 Å². The summed E-state index contributed by atoms with van der Waals surface area (Å²) in [7, 11) is 1.55. The second kappa shape index (κ2) is 10.6. The van der Waals surface area contributed by atoms with Crippen molar-refractivity contribution < 1.29 is 23.8 Å². The molecule has 0 bridgehead atoms. The lowest BCUT2D eigenvalue weighted by molar-refractivity contribution is -0.124. The summed E-state index contributed by atoms with van der Waals surface area (Å²) in [4.78, 5) is 31.3. The van der Waals surface area contributed by atoms with Crippen LogP contribution in [0.5, 0.6) is 11.5 Å². The fourth-order valence-corrected chi connectivity index (χ4v) is 2.54. The van der Waals surface area contributed by atoms with E-state index in [1.54, 1.807) is 19.2 Å². The predicted octanol–water partition coefficient (Wildman–Crippen LogP) is 2.54. The zero-order chi connectivity index (χ0) is 21.2. The Morgan fingerprint density at radius 2 is 1.83 bits per heavy atom. The Morgan fingerprint density at radius 1 is 1.00 bits per heavy atom. The Balaban J connectivity index is 1.49. The van der Waals surface area contributed by atoms with Gasteiger partial charge in [0.15, 0.2) is 23.8 Å². The lowest BCUT2D eigenvalue weighted by Crippen LogP contribution is -2.28. The standard InChI is InChI=1S/C22H21N3O5/c1-28-20-11-17(7-8-19(20)29-14-16-5-3-2-4-6-16)12-25-21(26)15-30-22(27)18-13-23-9-10-24-18/h2-11,13H,12,14-15H2,1H3,(H,25,26). The van der Waals surface area contributed by atoms with E-state index in [0.717, 1.165) is 11.1 Å². The molecule has 0 unspecified atom stereocenters. The summed E-state index contributed by atoms with van der Waals surface area (Å²) in [6, 6.07) is 15.2. The van der Waals surface area contributed by atoms with Crippen LogP contribution in [0.25, 0.3) is 0 Å². The van der Waals surface area contributed by atoms with Gasteiger partial charge in [0.1, 0.15) is 6.61 Å². The molecule has 1 N–H and O–H groups in total. The number of carbonyl (C=O) groups is 2. The molecule has 8 nitrogen and oxygen atoms in total. The third-order valence-corrected chi connectivity index (χ3v) is 4.06. The molecule has 30 heavy (non-hydrogen) atoms. The van der Waals surface area contributed by atoms with E-state index in [2.05, 4.69) is 15.3 Å². The highest BCUT2D eigenvalue weighted by molar-refractivity contribution is 5.89. The molecule has 1 aromatic heterocycles. The molecule has 0 aliphatic heterocycles. The van der Waals surface area contributed by atoms with Crippen molar-refractivity contribution in [2.24, 2.45) is 0 Å². The molecule has 154 valence electrons. The van der Waals surface area contributed by atoms with Crippen LogP contribution in [-0.2, 0) is 22.7 Å². The summed E-state index contributed by atoms with van der Waals surface area (Å²) in [5, 5.41) is 2.69. The summed E-state index contributed by atoms with van der Waals surface area (Å²) in [6.07, 6.45) is 4.08. The number of aromatic nitrogens is 2. The second-order valence-corrected chi connectivity index (χ2v) is 6.20. The maximum atomic E-state index is 12.0. The summed E-state index contributed by atoms with van der Waals surface area (Å²) in [5.74, 6) is 0.0246. The number of ether oxygens (including phenoxy) is 3. The number of amides is 1. The monoisotopic (exact) mass is 407 g/mol. The molecular weight excluding hydrogens is 386 g/mol. The first-order valence-electron chi connectivity index (χ1n) is 9.19. The lowest BCUT2D eigenvalue weighted by Gasteiger charge is -2.13. The molecule has 8 heteroatoms. The first kappa shape index (κ1) is 20.8. The van der Waals surface area contributed by atoms with Crippen LogP contribution in [0.2, 0.25) is 0 Å². The van der Waals surface area contributed by atoms with Gasteiger partial charge < -0.3 is 19.5 Å². The number of hydrogen-bond acceptors (Lipinski definition) is 7. The Hall–Kier alpha value is -3.94. The Bertz CT molecular complexity index is 981. The minimum absolute atomic E-state index is 0.0427. The normalized spacial score (nSPS) is 10.2. The third-order valence-electron chi connectivity index (χ3n) is 4.06. The van der Waals surface area contributed by atoms with Crippen molar-refractivity contribution in [3.8, 4) is 11.5 Å². The van der Waals surface area contributed by atoms with Crippen molar-refractivity contribution >= 4 is 11.9 Å². The van der Waals surface area contributed by atoms with Crippen LogP contribution >= 0.6 is 0 Å². The van der Waals surface area contributed by atoms with Crippen LogP contribution in [-0.4, -0.2) is 35.6 Å². The fraction of sp³-hybridized carbons (Fsp3) is 0.182. The zero-order valence-electron chi connectivity index (χ0n) is 16.4. The molecule has 3 aromatic rings. The summed E-state index contributed by atoms with van der Waals surface area (Å²) in [5.41, 5.74) is 1.90. The third kappa shape index (κ3) is 6.03. The molecule has 3 rings (SSSR count). The first-order valence-corrected chi connectivity index (χ1v) is 9.19. The molecule has 0 aliphatic carbocycles. The SMILES string of the molecule is COc1cc(CNC(=O)COC(=O)c2cnccn2)ccc1OCc1ccccc1. The molecule has 0 saturated heterocycles. The second-order valence-electron chi connectivity index (χ2n) is 6.20. The topological polar surface area (TPSA) is 99.6 Å². The number of carbonyl (C=O) groups excluding carboxylic acids is 2. The summed E-state index contributed by atoms with van der Waals surface area (Å²) >= 11 is 0. The van der Waals surface area contributed by atoms with E-state index in [4.69, 9.17) is 14.2 Å². The van der Waals surface area contributed by atoms with Gasteiger partial charge in [-0.3, -0.25) is 9.78 Å². The van der Waals surface area contributed by atoms with Crippen molar-refractivity contribution in [1.82, 2.24) is 15.3 Å². The highest BCUT2D eigenvalue weighted by atomic mass is 16.5. The van der Waals surface area contributed by atoms with Gasteiger partial charge in [-0.1, -0.05) is 36.4 Å². The van der Waals surface area contributed by atoms with Crippen LogP contribution in [0.3, 0.4) is 0 Å². The number of esters is 1. The van der Waals surface area contributed by atoms with Crippen molar-refractivity contribution in [3.05, 3.63) is 83.9 Å². The number of benzene rings is 2. The van der Waals surface area contributed by atoms with Gasteiger partial charge in [0.2, 0.25) is 0 Å². The van der Waals surface area contributed by atoms with Crippen LogP contribution in [0, 0.1) is 0 Å². The van der Waals surface area contributed by atoms with E-state index in [1.807, 2.05) is 36.4 Å². The summed E-state index contributed by atoms with van der Waals surface area (Å²) < 4.78 is 16.1. The van der Waals surface area contributed by atoms with Crippen molar-refractivity contribution in [3.63, 3.8) is 0 Å².